The molecule has 92 valence electrons. The maximum atomic E-state index is 10.3. The Balaban J connectivity index is 0. The molecule has 0 aliphatic rings. The Morgan fingerprint density at radius 3 is 2.06 bits per heavy atom. The molecule has 0 spiro atoms. The third-order valence-electron chi connectivity index (χ3n) is 2.32. The molecule has 16 heavy (non-hydrogen) atoms. The fourth-order valence-electron chi connectivity index (χ4n) is 1.43. The number of aliphatic hydroxyl groups excluding tert-OH is 1. The van der Waals surface area contributed by atoms with Crippen LogP contribution in [0.2, 0.25) is 0 Å². The zero-order valence-corrected chi connectivity index (χ0v) is 14.3. The van der Waals surface area contributed by atoms with E-state index < -0.39 is 10.1 Å². The topological polar surface area (TPSA) is 77.4 Å². The smallest absolute Gasteiger partial charge is 0.748 e. The first-order chi connectivity index (χ1) is 6.95. The van der Waals surface area contributed by atoms with Crippen LogP contribution in [0.5, 0.6) is 0 Å². The van der Waals surface area contributed by atoms with Gasteiger partial charge in [0, 0.05) is 5.75 Å². The van der Waals surface area contributed by atoms with Gasteiger partial charge in [-0.15, -0.1) is 0 Å². The third kappa shape index (κ3) is 15.5. The minimum Gasteiger partial charge on any atom is -0.748 e. The Kier molecular flexibility index (Phi) is 14.4. The zero-order chi connectivity index (χ0) is 11.7. The van der Waals surface area contributed by atoms with Crippen molar-refractivity contribution in [3.8, 4) is 0 Å². The summed E-state index contributed by atoms with van der Waals surface area (Å²) in [6.45, 7) is 2.10. The second kappa shape index (κ2) is 11.6. The predicted molar refractivity (Wildman–Crippen MR) is 58.6 cm³/mol. The van der Waals surface area contributed by atoms with Crippen molar-refractivity contribution in [2.75, 3.05) is 5.75 Å². The van der Waals surface area contributed by atoms with Crippen LogP contribution in [0.15, 0.2) is 0 Å². The summed E-state index contributed by atoms with van der Waals surface area (Å²) >= 11 is 0. The van der Waals surface area contributed by atoms with Gasteiger partial charge in [-0.25, -0.2) is 8.42 Å². The quantitative estimate of drug-likeness (QED) is 0.321. The molecule has 1 N–H and O–H groups in total. The van der Waals surface area contributed by atoms with Crippen LogP contribution in [0.25, 0.3) is 0 Å². The maximum Gasteiger partial charge on any atom is 1.00 e. The molecule has 6 heteroatoms. The van der Waals surface area contributed by atoms with Crippen molar-refractivity contribution in [1.29, 1.82) is 0 Å². The molecule has 0 aromatic heterocycles. The molecule has 0 aliphatic heterocycles. The molecule has 0 saturated carbocycles. The summed E-state index contributed by atoms with van der Waals surface area (Å²) in [5, 5.41) is 9.48. The minimum absolute atomic E-state index is 0. The summed E-state index contributed by atoms with van der Waals surface area (Å²) in [6.07, 6.45) is 5.25. The molecule has 1 unspecified atom stereocenters. The Labute approximate surface area is 141 Å². The second-order valence-electron chi connectivity index (χ2n) is 3.91. The van der Waals surface area contributed by atoms with Gasteiger partial charge in [-0.05, 0) is 25.7 Å². The van der Waals surface area contributed by atoms with E-state index >= 15 is 0 Å². The van der Waals surface area contributed by atoms with Crippen molar-refractivity contribution in [2.24, 2.45) is 0 Å². The summed E-state index contributed by atoms with van der Waals surface area (Å²) in [5.41, 5.74) is 0. The van der Waals surface area contributed by atoms with E-state index in [4.69, 9.17) is 0 Å². The van der Waals surface area contributed by atoms with Crippen LogP contribution in [-0.2, 0) is 10.1 Å². The van der Waals surface area contributed by atoms with Gasteiger partial charge in [0.05, 0.1) is 16.2 Å². The van der Waals surface area contributed by atoms with Gasteiger partial charge < -0.3 is 9.66 Å². The number of unbranched alkanes of at least 4 members (excludes halogenated alkanes) is 3. The van der Waals surface area contributed by atoms with Crippen LogP contribution in [0, 0.1) is 0 Å². The fraction of sp³-hybridized carbons (Fsp3) is 1.00. The maximum absolute atomic E-state index is 10.3. The van der Waals surface area contributed by atoms with Crippen LogP contribution >= 0.6 is 0 Å². The van der Waals surface area contributed by atoms with E-state index in [9.17, 15) is 18.1 Å². The van der Waals surface area contributed by atoms with Crippen LogP contribution in [0.1, 0.15) is 51.9 Å². The molecule has 1 atom stereocenters. The average molecular weight is 276 g/mol. The van der Waals surface area contributed by atoms with E-state index in [1.54, 1.807) is 0 Å². The monoisotopic (exact) mass is 276 g/mol. The van der Waals surface area contributed by atoms with E-state index in [0.29, 0.717) is 19.3 Å². The largest absolute Gasteiger partial charge is 1.00 e. The summed E-state index contributed by atoms with van der Waals surface area (Å²) in [6, 6.07) is 0. The van der Waals surface area contributed by atoms with Crippen molar-refractivity contribution in [1.82, 2.24) is 0 Å². The zero-order valence-electron chi connectivity index (χ0n) is 10.3. The first-order valence-corrected chi connectivity index (χ1v) is 7.15. The minimum atomic E-state index is -4.07. The standard InChI is InChI=1S/C10H22O4S.K/c1-2-3-4-7-10(11)8-5-6-9-15(12,13)14;/h10-11H,2-9H2,1H3,(H,12,13,14);/q;+1/p-1. The average Bonchev–Trinajstić information content (AvgIpc) is 2.11. The van der Waals surface area contributed by atoms with E-state index in [2.05, 4.69) is 6.92 Å². The molecule has 0 saturated heterocycles. The van der Waals surface area contributed by atoms with Crippen molar-refractivity contribution in [2.45, 2.75) is 58.0 Å². The fourth-order valence-corrected chi connectivity index (χ4v) is 1.99. The molecule has 0 bridgehead atoms. The molecular weight excluding hydrogens is 255 g/mol. The SMILES string of the molecule is CCCCCC(O)CCCCS(=O)(=O)[O-].[K+]. The predicted octanol–water partition coefficient (Wildman–Crippen LogP) is -1.35. The first-order valence-electron chi connectivity index (χ1n) is 5.57. The van der Waals surface area contributed by atoms with E-state index in [1.807, 2.05) is 0 Å². The molecule has 0 rings (SSSR count). The van der Waals surface area contributed by atoms with Crippen LogP contribution in [-0.4, -0.2) is 29.9 Å². The molecule has 0 aromatic rings. The first kappa shape index (κ1) is 19.8. The van der Waals surface area contributed by atoms with Crippen molar-refractivity contribution in [3.63, 3.8) is 0 Å². The molecule has 0 fully saturated rings. The number of hydrogen-bond donors (Lipinski definition) is 1. The van der Waals surface area contributed by atoms with Gasteiger partial charge in [-0.2, -0.15) is 0 Å². The van der Waals surface area contributed by atoms with Crippen molar-refractivity contribution >= 4 is 10.1 Å². The summed E-state index contributed by atoms with van der Waals surface area (Å²) < 4.78 is 30.8. The van der Waals surface area contributed by atoms with Gasteiger partial charge in [0.2, 0.25) is 0 Å². The van der Waals surface area contributed by atoms with E-state index in [1.165, 1.54) is 0 Å². The number of aliphatic hydroxyl groups is 1. The van der Waals surface area contributed by atoms with Crippen LogP contribution in [0.4, 0.5) is 0 Å². The molecule has 0 aromatic carbocycles. The molecule has 0 aliphatic carbocycles. The van der Waals surface area contributed by atoms with Crippen LogP contribution < -0.4 is 51.4 Å². The van der Waals surface area contributed by atoms with E-state index in [0.717, 1.165) is 25.7 Å². The van der Waals surface area contributed by atoms with Gasteiger partial charge in [0.1, 0.15) is 0 Å². The van der Waals surface area contributed by atoms with Crippen LogP contribution in [0.3, 0.4) is 0 Å². The Morgan fingerprint density at radius 2 is 1.62 bits per heavy atom. The van der Waals surface area contributed by atoms with Gasteiger partial charge in [0.25, 0.3) is 0 Å². The molecule has 4 nitrogen and oxygen atoms in total. The van der Waals surface area contributed by atoms with Gasteiger partial charge in [-0.3, -0.25) is 0 Å². The van der Waals surface area contributed by atoms with Gasteiger partial charge in [0.15, 0.2) is 0 Å². The van der Waals surface area contributed by atoms with E-state index in [-0.39, 0.29) is 63.2 Å². The third-order valence-corrected chi connectivity index (χ3v) is 3.11. The van der Waals surface area contributed by atoms with Gasteiger partial charge in [-0.1, -0.05) is 26.2 Å². The molecule has 0 heterocycles. The Morgan fingerprint density at radius 1 is 1.12 bits per heavy atom. The number of hydrogen-bond acceptors (Lipinski definition) is 4. The molecular formula is C10H21KO4S. The Bertz CT molecular complexity index is 241. The second-order valence-corrected chi connectivity index (χ2v) is 5.43. The number of rotatable bonds is 9. The van der Waals surface area contributed by atoms with Crippen molar-refractivity contribution < 1.29 is 69.5 Å². The summed E-state index contributed by atoms with van der Waals surface area (Å²) in [4.78, 5) is 0. The molecule has 0 radical (unpaired) electrons. The van der Waals surface area contributed by atoms with Crippen molar-refractivity contribution in [3.05, 3.63) is 0 Å². The summed E-state index contributed by atoms with van der Waals surface area (Å²) in [5.74, 6) is -0.311. The normalized spacial score (nSPS) is 13.2. The summed E-state index contributed by atoms with van der Waals surface area (Å²) in [7, 11) is -4.07. The van der Waals surface area contributed by atoms with Gasteiger partial charge >= 0.3 is 51.4 Å². The molecule has 0 amide bonds. The Hall–Kier alpha value is 1.51.